The van der Waals surface area contributed by atoms with Crippen LogP contribution < -0.4 is 30.9 Å². The number of nitrogens with zero attached hydrogens (tertiary/aromatic N) is 5. The van der Waals surface area contributed by atoms with Crippen LogP contribution in [-0.2, 0) is 19.6 Å². The van der Waals surface area contributed by atoms with Crippen molar-refractivity contribution in [1.29, 1.82) is 0 Å². The maximum Gasteiger partial charge on any atom is 0.213 e. The number of anilines is 2. The topological polar surface area (TPSA) is 111 Å². The van der Waals surface area contributed by atoms with Crippen LogP contribution in [0.4, 0.5) is 15.9 Å². The molecule has 0 spiro atoms. The van der Waals surface area contributed by atoms with Crippen molar-refractivity contribution in [2.24, 2.45) is 0 Å². The first-order chi connectivity index (χ1) is 24.3. The average molecular weight is 676 g/mol. The van der Waals surface area contributed by atoms with Crippen LogP contribution in [0, 0.1) is 5.82 Å². The van der Waals surface area contributed by atoms with E-state index in [1.165, 1.54) is 11.6 Å². The molecule has 258 valence electrons. The highest BCUT2D eigenvalue weighted by atomic mass is 19.1. The number of pyridine rings is 3. The van der Waals surface area contributed by atoms with Gasteiger partial charge < -0.3 is 30.0 Å². The van der Waals surface area contributed by atoms with E-state index in [2.05, 4.69) is 49.6 Å². The van der Waals surface area contributed by atoms with Gasteiger partial charge in [0.1, 0.15) is 18.2 Å². The Morgan fingerprint density at radius 3 is 2.82 bits per heavy atom. The summed E-state index contributed by atoms with van der Waals surface area (Å²) in [6, 6.07) is 15.6. The molecule has 3 atom stereocenters. The Kier molecular flexibility index (Phi) is 8.40. The summed E-state index contributed by atoms with van der Waals surface area (Å²) in [5.41, 5.74) is 12.5. The van der Waals surface area contributed by atoms with E-state index in [1.807, 2.05) is 48.8 Å². The van der Waals surface area contributed by atoms with Gasteiger partial charge in [-0.25, -0.2) is 14.4 Å². The van der Waals surface area contributed by atoms with Gasteiger partial charge in [0.25, 0.3) is 0 Å². The Balaban J connectivity index is 1.19. The summed E-state index contributed by atoms with van der Waals surface area (Å²) in [6.45, 7) is 7.95. The van der Waals surface area contributed by atoms with Crippen molar-refractivity contribution in [2.75, 3.05) is 37.4 Å². The second-order valence-corrected chi connectivity index (χ2v) is 13.8. The molecule has 8 rings (SSSR count). The molecule has 1 fully saturated rings. The van der Waals surface area contributed by atoms with Crippen LogP contribution in [0.2, 0.25) is 0 Å². The number of fused-ring (bicyclic) bond motifs is 1. The van der Waals surface area contributed by atoms with Crippen molar-refractivity contribution in [3.63, 3.8) is 0 Å². The van der Waals surface area contributed by atoms with Gasteiger partial charge in [-0.1, -0.05) is 12.1 Å². The van der Waals surface area contributed by atoms with Crippen molar-refractivity contribution in [3.05, 3.63) is 105 Å². The zero-order valence-electron chi connectivity index (χ0n) is 28.7. The van der Waals surface area contributed by atoms with Gasteiger partial charge in [-0.2, -0.15) is 0 Å². The molecule has 10 nitrogen and oxygen atoms in total. The van der Waals surface area contributed by atoms with Gasteiger partial charge in [0.05, 0.1) is 41.5 Å². The summed E-state index contributed by atoms with van der Waals surface area (Å²) in [6.07, 6.45) is 7.49. The number of benzene rings is 2. The van der Waals surface area contributed by atoms with E-state index in [4.69, 9.17) is 15.2 Å². The molecule has 0 saturated carbocycles. The summed E-state index contributed by atoms with van der Waals surface area (Å²) in [4.78, 5) is 27.7. The number of hydrogen-bond acceptors (Lipinski definition) is 9. The Labute approximate surface area is 290 Å². The highest BCUT2D eigenvalue weighted by molar-refractivity contribution is 5.94. The predicted octanol–water partition coefficient (Wildman–Crippen LogP) is 5.98. The van der Waals surface area contributed by atoms with Gasteiger partial charge in [0, 0.05) is 68.8 Å². The molecule has 1 saturated heterocycles. The third-order valence-electron chi connectivity index (χ3n) is 10.6. The fourth-order valence-electron chi connectivity index (χ4n) is 7.87. The second kappa shape index (κ2) is 13.0. The molecule has 6 heterocycles. The first-order valence-electron chi connectivity index (χ1n) is 17.4. The van der Waals surface area contributed by atoms with Crippen LogP contribution in [0.1, 0.15) is 61.0 Å². The van der Waals surface area contributed by atoms with Gasteiger partial charge in [-0.3, -0.25) is 9.69 Å². The first kappa shape index (κ1) is 32.2. The van der Waals surface area contributed by atoms with E-state index in [-0.39, 0.29) is 23.6 Å². The summed E-state index contributed by atoms with van der Waals surface area (Å²) < 4.78 is 30.1. The molecule has 50 heavy (non-hydrogen) atoms. The van der Waals surface area contributed by atoms with Gasteiger partial charge in [-0.15, -0.1) is 0 Å². The number of rotatable bonds is 8. The van der Waals surface area contributed by atoms with Crippen molar-refractivity contribution >= 4 is 22.4 Å². The quantitative estimate of drug-likeness (QED) is 0.205. The smallest absolute Gasteiger partial charge is 0.213 e. The van der Waals surface area contributed by atoms with Crippen LogP contribution in [0.15, 0.2) is 71.9 Å². The van der Waals surface area contributed by atoms with E-state index in [9.17, 15) is 4.79 Å². The molecule has 0 amide bonds. The minimum absolute atomic E-state index is 0.0474. The van der Waals surface area contributed by atoms with Crippen LogP contribution in [-0.4, -0.2) is 52.3 Å². The number of aromatic nitrogens is 3. The molecule has 3 aliphatic rings. The van der Waals surface area contributed by atoms with E-state index in [1.54, 1.807) is 13.3 Å². The zero-order chi connectivity index (χ0) is 34.5. The van der Waals surface area contributed by atoms with E-state index in [0.29, 0.717) is 59.2 Å². The molecule has 5 aromatic rings. The average Bonchev–Trinajstić information content (AvgIpc) is 3.50. The van der Waals surface area contributed by atoms with Crippen LogP contribution in [0.3, 0.4) is 0 Å². The van der Waals surface area contributed by atoms with Gasteiger partial charge in [0.2, 0.25) is 5.88 Å². The number of nitrogens with one attached hydrogen (secondary N) is 1. The lowest BCUT2D eigenvalue weighted by Crippen LogP contribution is -2.48. The highest BCUT2D eigenvalue weighted by Gasteiger charge is 2.31. The lowest BCUT2D eigenvalue weighted by atomic mass is 9.95. The highest BCUT2D eigenvalue weighted by Crippen LogP contribution is 2.43. The van der Waals surface area contributed by atoms with Crippen molar-refractivity contribution in [1.82, 2.24) is 24.8 Å². The molecule has 1 unspecified atom stereocenters. The minimum atomic E-state index is -0.456. The number of piperidine rings is 1. The monoisotopic (exact) mass is 675 g/mol. The first-order valence-corrected chi connectivity index (χ1v) is 17.4. The van der Waals surface area contributed by atoms with E-state index >= 15 is 4.39 Å². The number of methoxy groups -OCH3 is 1. The molecule has 0 aliphatic carbocycles. The van der Waals surface area contributed by atoms with Crippen molar-refractivity contribution in [3.8, 4) is 22.8 Å². The molecule has 3 aromatic heterocycles. The minimum Gasteiger partial charge on any atom is -0.488 e. The molecule has 2 aromatic carbocycles. The standard InChI is InChI=1S/C39H42FN7O3/c1-23-22-50-39-36(26-6-8-31-24(2)43-16-27(31)14-26)33(40)15-32-37(39)47(23)20-28(38(32)48)19-46(18-25-10-11-42-35(13-25)49-3)30-5-4-12-45(21-30)29-7-9-34(41)44-17-29/h6-11,13-15,17,20,23-24,30,43H,4-5,12,16,18-19,21-22H2,1-3H3,(H2,41,44)/t23?,24-,30-/m0/s1. The number of hydrogen-bond donors (Lipinski definition) is 2. The Hall–Kier alpha value is -5.00. The maximum atomic E-state index is 16.3. The van der Waals surface area contributed by atoms with Gasteiger partial charge in [0.15, 0.2) is 11.2 Å². The van der Waals surface area contributed by atoms with Crippen LogP contribution >= 0.6 is 0 Å². The predicted molar refractivity (Wildman–Crippen MR) is 193 cm³/mol. The van der Waals surface area contributed by atoms with E-state index in [0.717, 1.165) is 54.9 Å². The second-order valence-electron chi connectivity index (χ2n) is 13.8. The largest absolute Gasteiger partial charge is 0.488 e. The summed E-state index contributed by atoms with van der Waals surface area (Å²) >= 11 is 0. The van der Waals surface area contributed by atoms with Crippen LogP contribution in [0.5, 0.6) is 11.6 Å². The molecular formula is C39H42FN7O3. The third kappa shape index (κ3) is 5.84. The van der Waals surface area contributed by atoms with E-state index < -0.39 is 5.82 Å². The molecule has 11 heteroatoms. The molecule has 0 radical (unpaired) electrons. The van der Waals surface area contributed by atoms with Gasteiger partial charge in [-0.05, 0) is 79.3 Å². The van der Waals surface area contributed by atoms with Gasteiger partial charge >= 0.3 is 0 Å². The number of nitrogen functional groups attached to an aromatic ring is 1. The molecular weight excluding hydrogens is 633 g/mol. The summed E-state index contributed by atoms with van der Waals surface area (Å²) in [7, 11) is 1.61. The summed E-state index contributed by atoms with van der Waals surface area (Å²) in [5, 5.41) is 3.79. The fraction of sp³-hybridized carbons (Fsp3) is 0.359. The molecule has 3 aliphatic heterocycles. The SMILES string of the molecule is COc1cc(CN(Cc2cn3c4c(c(-c5ccc6c(c5)CN[C@H]6C)c(F)cc4c2=O)OCC3C)[C@H]2CCCN(c3ccc(N)nc3)C2)ccn1. The van der Waals surface area contributed by atoms with Crippen molar-refractivity contribution in [2.45, 2.75) is 64.4 Å². The summed E-state index contributed by atoms with van der Waals surface area (Å²) in [5.74, 6) is 1.00. The lowest BCUT2D eigenvalue weighted by Gasteiger charge is -2.40. The number of halogens is 1. The van der Waals surface area contributed by atoms with Crippen LogP contribution in [0.25, 0.3) is 22.0 Å². The fourth-order valence-corrected chi connectivity index (χ4v) is 7.87. The molecule has 3 N–H and O–H groups in total. The Bertz CT molecular complexity index is 2140. The van der Waals surface area contributed by atoms with Crippen molar-refractivity contribution < 1.29 is 13.9 Å². The number of nitrogens with two attached hydrogens (primary N) is 1. The lowest BCUT2D eigenvalue weighted by molar-refractivity contribution is 0.157. The zero-order valence-corrected chi connectivity index (χ0v) is 28.7. The molecule has 0 bridgehead atoms. The number of ether oxygens (including phenoxy) is 2. The Morgan fingerprint density at radius 2 is 2.00 bits per heavy atom. The third-order valence-corrected chi connectivity index (χ3v) is 10.6. The Morgan fingerprint density at radius 1 is 1.12 bits per heavy atom. The maximum absolute atomic E-state index is 16.3. The normalized spacial score (nSPS) is 19.9.